The molecule has 0 atom stereocenters. The van der Waals surface area contributed by atoms with Crippen LogP contribution in [0.15, 0.2) is 0 Å². The maximum atomic E-state index is 3.42. The third kappa shape index (κ3) is 6.18. The van der Waals surface area contributed by atoms with Crippen molar-refractivity contribution in [3.05, 3.63) is 0 Å². The van der Waals surface area contributed by atoms with Gasteiger partial charge in [-0.25, -0.2) is 0 Å². The number of nitrogens with one attached hydrogen (secondary N) is 1. The van der Waals surface area contributed by atoms with Crippen molar-refractivity contribution in [3.8, 4) is 0 Å². The van der Waals surface area contributed by atoms with E-state index in [9.17, 15) is 0 Å². The van der Waals surface area contributed by atoms with Crippen LogP contribution in [0.3, 0.4) is 0 Å². The lowest BCUT2D eigenvalue weighted by atomic mass is 10.3. The third-order valence-electron chi connectivity index (χ3n) is 1.21. The molecule has 0 saturated heterocycles. The lowest BCUT2D eigenvalue weighted by molar-refractivity contribution is 0.703. The van der Waals surface area contributed by atoms with E-state index in [1.807, 2.05) is 0 Å². The summed E-state index contributed by atoms with van der Waals surface area (Å²) in [6, 6.07) is 0. The van der Waals surface area contributed by atoms with Gasteiger partial charge in [0.1, 0.15) is 0 Å². The Bertz CT molecular complexity index is 33.5. The van der Waals surface area contributed by atoms with Gasteiger partial charge < -0.3 is 4.98 Å². The van der Waals surface area contributed by atoms with Crippen LogP contribution < -0.4 is 4.98 Å². The first-order chi connectivity index (χ1) is 3.91. The average Bonchev–Trinajstić information content (AvgIpc) is 1.81. The molecule has 0 spiro atoms. The Morgan fingerprint density at radius 3 is 2.62 bits per heavy atom. The van der Waals surface area contributed by atoms with Crippen LogP contribution >= 0.6 is 0 Å². The summed E-state index contributed by atoms with van der Waals surface area (Å²) >= 11 is 0. The first kappa shape index (κ1) is 8.18. The van der Waals surface area contributed by atoms with Crippen molar-refractivity contribution in [2.75, 3.05) is 6.54 Å². The molecule has 50 valence electrons. The molecule has 0 aliphatic heterocycles. The predicted molar refractivity (Wildman–Crippen MR) is 41.9 cm³/mol. The minimum atomic E-state index is 0.136. The summed E-state index contributed by atoms with van der Waals surface area (Å²) in [6.07, 6.45) is 4.10. The fourth-order valence-corrected chi connectivity index (χ4v) is 1.28. The number of hydrogen-bond donors (Lipinski definition) is 1. The molecule has 0 bridgehead atoms. The van der Waals surface area contributed by atoms with E-state index in [0.717, 1.165) is 0 Å². The van der Waals surface area contributed by atoms with Crippen LogP contribution in [0.1, 0.15) is 26.2 Å². The molecule has 8 heavy (non-hydrogen) atoms. The van der Waals surface area contributed by atoms with Crippen LogP contribution in [0.4, 0.5) is 0 Å². The van der Waals surface area contributed by atoms with E-state index in [1.54, 1.807) is 0 Å². The molecule has 0 aromatic carbocycles. The van der Waals surface area contributed by atoms with E-state index in [4.69, 9.17) is 0 Å². The van der Waals surface area contributed by atoms with Gasteiger partial charge in [-0.05, 0) is 13.0 Å². The zero-order chi connectivity index (χ0) is 6.24. The van der Waals surface area contributed by atoms with Gasteiger partial charge >= 0.3 is 0 Å². The van der Waals surface area contributed by atoms with E-state index < -0.39 is 0 Å². The van der Waals surface area contributed by atoms with Gasteiger partial charge in [0.25, 0.3) is 0 Å². The average molecular weight is 131 g/mol. The Kier molecular flexibility index (Phi) is 7.34. The molecule has 0 aromatic heterocycles. The molecular formula is C6H17NSi. The molecule has 0 saturated carbocycles. The molecule has 0 heterocycles. The summed E-state index contributed by atoms with van der Waals surface area (Å²) in [5.41, 5.74) is 0. The molecule has 0 aromatic rings. The Morgan fingerprint density at radius 1 is 1.38 bits per heavy atom. The highest BCUT2D eigenvalue weighted by Gasteiger charge is 1.81. The second-order valence-corrected chi connectivity index (χ2v) is 3.27. The summed E-state index contributed by atoms with van der Waals surface area (Å²) in [7, 11) is 0.136. The fraction of sp³-hybridized carbons (Fsp3) is 1.00. The molecule has 0 fully saturated rings. The second kappa shape index (κ2) is 7.18. The van der Waals surface area contributed by atoms with Gasteiger partial charge in [-0.2, -0.15) is 0 Å². The molecule has 2 heteroatoms. The Hall–Kier alpha value is 0.177. The SMILES string of the molecule is CCCCCN[SiH2]C. The van der Waals surface area contributed by atoms with Crippen LogP contribution in [0, 0.1) is 0 Å². The van der Waals surface area contributed by atoms with E-state index >= 15 is 0 Å². The molecule has 0 amide bonds. The summed E-state index contributed by atoms with van der Waals surface area (Å²) < 4.78 is 0. The van der Waals surface area contributed by atoms with Gasteiger partial charge in [0.2, 0.25) is 0 Å². The van der Waals surface area contributed by atoms with Crippen LogP contribution in [-0.2, 0) is 0 Å². The molecule has 1 N–H and O–H groups in total. The summed E-state index contributed by atoms with van der Waals surface area (Å²) in [5.74, 6) is 0. The minimum Gasteiger partial charge on any atom is -0.342 e. The topological polar surface area (TPSA) is 12.0 Å². The van der Waals surface area contributed by atoms with Gasteiger partial charge in [-0.15, -0.1) is 0 Å². The molecule has 1 nitrogen and oxygen atoms in total. The van der Waals surface area contributed by atoms with Crippen molar-refractivity contribution in [2.24, 2.45) is 0 Å². The van der Waals surface area contributed by atoms with E-state index in [-0.39, 0.29) is 9.68 Å². The lowest BCUT2D eigenvalue weighted by Gasteiger charge is -1.96. The highest BCUT2D eigenvalue weighted by Crippen LogP contribution is 1.89. The van der Waals surface area contributed by atoms with Crippen molar-refractivity contribution >= 4 is 9.68 Å². The molecule has 0 unspecified atom stereocenters. The maximum absolute atomic E-state index is 3.42. The van der Waals surface area contributed by atoms with Gasteiger partial charge in [0.15, 0.2) is 0 Å². The van der Waals surface area contributed by atoms with E-state index in [0.29, 0.717) is 0 Å². The Labute approximate surface area is 54.8 Å². The van der Waals surface area contributed by atoms with Crippen molar-refractivity contribution in [1.29, 1.82) is 0 Å². The lowest BCUT2D eigenvalue weighted by Crippen LogP contribution is -2.16. The zero-order valence-corrected chi connectivity index (χ0v) is 7.45. The van der Waals surface area contributed by atoms with Crippen molar-refractivity contribution < 1.29 is 0 Å². The highest BCUT2D eigenvalue weighted by molar-refractivity contribution is 6.29. The van der Waals surface area contributed by atoms with Gasteiger partial charge in [0.05, 0.1) is 9.68 Å². The van der Waals surface area contributed by atoms with Crippen molar-refractivity contribution in [2.45, 2.75) is 32.7 Å². The molecule has 0 rings (SSSR count). The Morgan fingerprint density at radius 2 is 2.12 bits per heavy atom. The standard InChI is InChI=1S/C6H17NSi/c1-3-4-5-6-7-8-2/h7H,3-6,8H2,1-2H3. The summed E-state index contributed by atoms with van der Waals surface area (Å²) in [6.45, 7) is 5.78. The third-order valence-corrected chi connectivity index (χ3v) is 2.06. The van der Waals surface area contributed by atoms with E-state index in [2.05, 4.69) is 18.5 Å². The smallest absolute Gasteiger partial charge is 0.0885 e. The molecule has 0 aliphatic rings. The van der Waals surface area contributed by atoms with Gasteiger partial charge in [-0.1, -0.05) is 26.3 Å². The number of hydrogen-bond acceptors (Lipinski definition) is 1. The molecular weight excluding hydrogens is 114 g/mol. The van der Waals surface area contributed by atoms with Crippen LogP contribution in [-0.4, -0.2) is 16.2 Å². The van der Waals surface area contributed by atoms with Crippen molar-refractivity contribution in [1.82, 2.24) is 4.98 Å². The van der Waals surface area contributed by atoms with E-state index in [1.165, 1.54) is 25.8 Å². The Balaban J connectivity index is 2.53. The first-order valence-corrected chi connectivity index (χ1v) is 5.74. The predicted octanol–water partition coefficient (Wildman–Crippen LogP) is 0.898. The summed E-state index contributed by atoms with van der Waals surface area (Å²) in [5, 5.41) is 0. The minimum absolute atomic E-state index is 0.136. The van der Waals surface area contributed by atoms with Crippen LogP contribution in [0.5, 0.6) is 0 Å². The largest absolute Gasteiger partial charge is 0.342 e. The normalized spacial score (nSPS) is 11.2. The number of unbranched alkanes of at least 4 members (excludes halogenated alkanes) is 2. The second-order valence-electron chi connectivity index (χ2n) is 2.06. The monoisotopic (exact) mass is 131 g/mol. The fourth-order valence-electron chi connectivity index (χ4n) is 0.677. The number of rotatable bonds is 5. The molecule has 0 radical (unpaired) electrons. The van der Waals surface area contributed by atoms with Gasteiger partial charge in [-0.3, -0.25) is 0 Å². The molecule has 0 aliphatic carbocycles. The quantitative estimate of drug-likeness (QED) is 0.432. The summed E-state index contributed by atoms with van der Waals surface area (Å²) in [4.78, 5) is 3.42. The maximum Gasteiger partial charge on any atom is 0.0885 e. The van der Waals surface area contributed by atoms with Crippen molar-refractivity contribution in [3.63, 3.8) is 0 Å². The highest BCUT2D eigenvalue weighted by atomic mass is 28.2. The van der Waals surface area contributed by atoms with Crippen LogP contribution in [0.2, 0.25) is 6.55 Å². The first-order valence-electron chi connectivity index (χ1n) is 3.62. The van der Waals surface area contributed by atoms with Crippen LogP contribution in [0.25, 0.3) is 0 Å². The van der Waals surface area contributed by atoms with Gasteiger partial charge in [0, 0.05) is 0 Å². The zero-order valence-electron chi connectivity index (χ0n) is 6.04.